The molecule has 1 aromatic rings. The Morgan fingerprint density at radius 2 is 2.16 bits per heavy atom. The third-order valence-corrected chi connectivity index (χ3v) is 2.70. The summed E-state index contributed by atoms with van der Waals surface area (Å²) in [6.07, 6.45) is 3.90. The first-order valence-electron chi connectivity index (χ1n) is 6.76. The van der Waals surface area contributed by atoms with E-state index in [9.17, 15) is 4.79 Å². The molecule has 0 spiro atoms. The molecule has 0 aliphatic rings. The van der Waals surface area contributed by atoms with Gasteiger partial charge in [-0.3, -0.25) is 4.79 Å². The van der Waals surface area contributed by atoms with Crippen LogP contribution in [0.4, 0.5) is 5.82 Å². The topological polar surface area (TPSA) is 57.3 Å². The van der Waals surface area contributed by atoms with Gasteiger partial charge in [0.15, 0.2) is 0 Å². The van der Waals surface area contributed by atoms with Crippen LogP contribution >= 0.6 is 0 Å². The lowest BCUT2D eigenvalue weighted by atomic mass is 10.2. The average molecular weight is 264 g/mol. The van der Waals surface area contributed by atoms with Crippen LogP contribution in [-0.4, -0.2) is 49.5 Å². The summed E-state index contributed by atoms with van der Waals surface area (Å²) in [6, 6.07) is 3.52. The molecule has 0 unspecified atom stereocenters. The summed E-state index contributed by atoms with van der Waals surface area (Å²) in [5, 5.41) is 6.10. The molecular weight excluding hydrogens is 240 g/mol. The average Bonchev–Trinajstić information content (AvgIpc) is 2.39. The van der Waals surface area contributed by atoms with E-state index in [2.05, 4.69) is 22.5 Å². The van der Waals surface area contributed by atoms with E-state index in [0.717, 1.165) is 31.7 Å². The number of rotatable bonds is 8. The summed E-state index contributed by atoms with van der Waals surface area (Å²) < 4.78 is 0. The molecule has 0 saturated carbocycles. The highest BCUT2D eigenvalue weighted by atomic mass is 16.1. The molecule has 0 aliphatic carbocycles. The maximum absolute atomic E-state index is 11.9. The van der Waals surface area contributed by atoms with Crippen molar-refractivity contribution < 1.29 is 4.79 Å². The van der Waals surface area contributed by atoms with E-state index in [1.165, 1.54) is 0 Å². The number of amides is 1. The second-order valence-corrected chi connectivity index (χ2v) is 4.77. The van der Waals surface area contributed by atoms with Crippen molar-refractivity contribution in [2.24, 2.45) is 0 Å². The van der Waals surface area contributed by atoms with Gasteiger partial charge in [-0.05, 0) is 32.6 Å². The van der Waals surface area contributed by atoms with Crippen LogP contribution in [0.15, 0.2) is 18.3 Å². The lowest BCUT2D eigenvalue weighted by Gasteiger charge is -2.11. The largest absolute Gasteiger partial charge is 0.370 e. The molecule has 0 saturated heterocycles. The predicted octanol–water partition coefficient (Wildman–Crippen LogP) is 1.58. The lowest BCUT2D eigenvalue weighted by Crippen LogP contribution is -2.31. The van der Waals surface area contributed by atoms with Crippen LogP contribution in [0.1, 0.15) is 30.1 Å². The Hall–Kier alpha value is -1.62. The van der Waals surface area contributed by atoms with Crippen molar-refractivity contribution in [3.05, 3.63) is 23.9 Å². The molecule has 0 aromatic carbocycles. The molecule has 1 heterocycles. The summed E-state index contributed by atoms with van der Waals surface area (Å²) in [6.45, 7) is 4.50. The molecule has 106 valence electrons. The van der Waals surface area contributed by atoms with Gasteiger partial charge in [0.2, 0.25) is 0 Å². The summed E-state index contributed by atoms with van der Waals surface area (Å²) >= 11 is 0. The fourth-order valence-corrected chi connectivity index (χ4v) is 1.56. The standard InChI is InChI=1S/C14H24N4O/c1-4-5-7-15-13-11-12(6-8-16-13)14(19)17-9-10-18(2)3/h6,8,11H,4-5,7,9-10H2,1-3H3,(H,15,16)(H,17,19). The summed E-state index contributed by atoms with van der Waals surface area (Å²) in [4.78, 5) is 18.2. The number of aromatic nitrogens is 1. The fourth-order valence-electron chi connectivity index (χ4n) is 1.56. The monoisotopic (exact) mass is 264 g/mol. The van der Waals surface area contributed by atoms with Gasteiger partial charge in [-0.2, -0.15) is 0 Å². The minimum absolute atomic E-state index is 0.0530. The smallest absolute Gasteiger partial charge is 0.251 e. The van der Waals surface area contributed by atoms with Gasteiger partial charge in [-0.1, -0.05) is 13.3 Å². The summed E-state index contributed by atoms with van der Waals surface area (Å²) in [5.74, 6) is 0.705. The Labute approximate surface area is 115 Å². The second kappa shape index (κ2) is 8.48. The second-order valence-electron chi connectivity index (χ2n) is 4.77. The number of likely N-dealkylation sites (N-methyl/N-ethyl adjacent to an activating group) is 1. The van der Waals surface area contributed by atoms with Crippen molar-refractivity contribution in [2.75, 3.05) is 39.0 Å². The zero-order chi connectivity index (χ0) is 14.1. The van der Waals surface area contributed by atoms with Gasteiger partial charge in [-0.25, -0.2) is 4.98 Å². The number of carbonyl (C=O) groups is 1. The number of carbonyl (C=O) groups excluding carboxylic acids is 1. The van der Waals surface area contributed by atoms with Crippen LogP contribution in [-0.2, 0) is 0 Å². The summed E-state index contributed by atoms with van der Waals surface area (Å²) in [5.41, 5.74) is 0.646. The number of nitrogens with one attached hydrogen (secondary N) is 2. The van der Waals surface area contributed by atoms with Crippen LogP contribution in [0, 0.1) is 0 Å². The molecule has 0 bridgehead atoms. The number of pyridine rings is 1. The van der Waals surface area contributed by atoms with Crippen molar-refractivity contribution in [3.63, 3.8) is 0 Å². The molecule has 1 amide bonds. The van der Waals surface area contributed by atoms with E-state index in [0.29, 0.717) is 12.1 Å². The van der Waals surface area contributed by atoms with Crippen molar-refractivity contribution >= 4 is 11.7 Å². The molecule has 5 nitrogen and oxygen atoms in total. The molecule has 0 radical (unpaired) electrons. The maximum atomic E-state index is 11.9. The molecule has 5 heteroatoms. The first-order chi connectivity index (χ1) is 9.13. The van der Waals surface area contributed by atoms with Crippen molar-refractivity contribution in [1.29, 1.82) is 0 Å². The van der Waals surface area contributed by atoms with E-state index in [-0.39, 0.29) is 5.91 Å². The minimum atomic E-state index is -0.0530. The van der Waals surface area contributed by atoms with Crippen LogP contribution in [0.5, 0.6) is 0 Å². The molecule has 1 aromatic heterocycles. The zero-order valence-electron chi connectivity index (χ0n) is 12.1. The van der Waals surface area contributed by atoms with Crippen molar-refractivity contribution in [2.45, 2.75) is 19.8 Å². The van der Waals surface area contributed by atoms with E-state index in [4.69, 9.17) is 0 Å². The van der Waals surface area contributed by atoms with Gasteiger partial charge in [-0.15, -0.1) is 0 Å². The van der Waals surface area contributed by atoms with Crippen LogP contribution in [0.3, 0.4) is 0 Å². The number of unbranched alkanes of at least 4 members (excludes halogenated alkanes) is 1. The van der Waals surface area contributed by atoms with E-state index < -0.39 is 0 Å². The predicted molar refractivity (Wildman–Crippen MR) is 78.5 cm³/mol. The SMILES string of the molecule is CCCCNc1cc(C(=O)NCCN(C)C)ccn1. The molecule has 1 rings (SSSR count). The molecular formula is C14H24N4O. The van der Waals surface area contributed by atoms with Gasteiger partial charge in [0.25, 0.3) is 5.91 Å². The number of nitrogens with zero attached hydrogens (tertiary/aromatic N) is 2. The third-order valence-electron chi connectivity index (χ3n) is 2.70. The number of hydrogen-bond acceptors (Lipinski definition) is 4. The van der Waals surface area contributed by atoms with Gasteiger partial charge in [0.05, 0.1) is 0 Å². The first kappa shape index (κ1) is 15.4. The lowest BCUT2D eigenvalue weighted by molar-refractivity contribution is 0.0951. The number of anilines is 1. The van der Waals surface area contributed by atoms with E-state index in [1.807, 2.05) is 19.0 Å². The molecule has 0 atom stereocenters. The Bertz CT molecular complexity index is 393. The molecule has 0 fully saturated rings. The Kier molecular flexibility index (Phi) is 6.89. The van der Waals surface area contributed by atoms with Crippen LogP contribution in [0.25, 0.3) is 0 Å². The van der Waals surface area contributed by atoms with E-state index in [1.54, 1.807) is 18.3 Å². The van der Waals surface area contributed by atoms with Crippen molar-refractivity contribution in [1.82, 2.24) is 15.2 Å². The van der Waals surface area contributed by atoms with Gasteiger partial charge in [0.1, 0.15) is 5.82 Å². The third kappa shape index (κ3) is 6.20. The first-order valence-corrected chi connectivity index (χ1v) is 6.76. The van der Waals surface area contributed by atoms with Gasteiger partial charge in [0, 0.05) is 31.4 Å². The maximum Gasteiger partial charge on any atom is 0.251 e. The minimum Gasteiger partial charge on any atom is -0.370 e. The molecule has 0 aliphatic heterocycles. The normalized spacial score (nSPS) is 10.5. The quantitative estimate of drug-likeness (QED) is 0.700. The van der Waals surface area contributed by atoms with Crippen molar-refractivity contribution in [3.8, 4) is 0 Å². The number of hydrogen-bond donors (Lipinski definition) is 2. The zero-order valence-corrected chi connectivity index (χ0v) is 12.1. The highest BCUT2D eigenvalue weighted by Crippen LogP contribution is 2.07. The summed E-state index contributed by atoms with van der Waals surface area (Å²) in [7, 11) is 3.96. The van der Waals surface area contributed by atoms with Gasteiger partial charge >= 0.3 is 0 Å². The Balaban J connectivity index is 2.48. The Morgan fingerprint density at radius 3 is 2.84 bits per heavy atom. The molecule has 19 heavy (non-hydrogen) atoms. The highest BCUT2D eigenvalue weighted by Gasteiger charge is 2.06. The highest BCUT2D eigenvalue weighted by molar-refractivity contribution is 5.94. The van der Waals surface area contributed by atoms with Gasteiger partial charge < -0.3 is 15.5 Å². The van der Waals surface area contributed by atoms with E-state index >= 15 is 0 Å². The fraction of sp³-hybridized carbons (Fsp3) is 0.571. The molecule has 2 N–H and O–H groups in total. The Morgan fingerprint density at radius 1 is 1.37 bits per heavy atom. The van der Waals surface area contributed by atoms with Crippen LogP contribution in [0.2, 0.25) is 0 Å². The van der Waals surface area contributed by atoms with Crippen LogP contribution < -0.4 is 10.6 Å².